The minimum Gasteiger partial charge on any atom is -0.490 e. The molecule has 0 spiro atoms. The first-order valence-electron chi connectivity index (χ1n) is 10.7. The molecule has 2 N–H and O–H groups in total. The first kappa shape index (κ1) is 21.1. The molecule has 164 valence electrons. The van der Waals surface area contributed by atoms with Gasteiger partial charge in [-0.25, -0.2) is 0 Å². The van der Waals surface area contributed by atoms with Crippen molar-refractivity contribution in [1.82, 2.24) is 15.2 Å². The number of ether oxygens (including phenoxy) is 2. The number of fused-ring (bicyclic) bond motifs is 1. The number of likely N-dealkylation sites (tertiary alicyclic amines) is 1. The Kier molecular flexibility index (Phi) is 6.36. The number of hydrogen-bond donors (Lipinski definition) is 2. The van der Waals surface area contributed by atoms with Crippen LogP contribution < -0.4 is 20.1 Å². The van der Waals surface area contributed by atoms with Crippen molar-refractivity contribution >= 4 is 17.5 Å². The van der Waals surface area contributed by atoms with Crippen molar-refractivity contribution in [3.05, 3.63) is 48.3 Å². The molecule has 1 aromatic carbocycles. The Morgan fingerprint density at radius 3 is 2.74 bits per heavy atom. The third-order valence-corrected chi connectivity index (χ3v) is 5.79. The van der Waals surface area contributed by atoms with Crippen LogP contribution in [0.25, 0.3) is 0 Å². The quantitative estimate of drug-likeness (QED) is 0.762. The van der Waals surface area contributed by atoms with E-state index in [2.05, 4.69) is 15.6 Å². The molecule has 0 radical (unpaired) electrons. The van der Waals surface area contributed by atoms with Crippen molar-refractivity contribution < 1.29 is 19.1 Å². The van der Waals surface area contributed by atoms with Crippen LogP contribution in [0, 0.1) is 0 Å². The summed E-state index contributed by atoms with van der Waals surface area (Å²) in [7, 11) is 1.64. The molecule has 1 unspecified atom stereocenters. The van der Waals surface area contributed by atoms with Gasteiger partial charge in [-0.2, -0.15) is 0 Å². The van der Waals surface area contributed by atoms with Crippen LogP contribution in [0.3, 0.4) is 0 Å². The zero-order valence-electron chi connectivity index (χ0n) is 17.7. The average molecular weight is 425 g/mol. The highest BCUT2D eigenvalue weighted by Crippen LogP contribution is 2.34. The zero-order chi connectivity index (χ0) is 21.7. The van der Waals surface area contributed by atoms with E-state index in [1.165, 1.54) is 0 Å². The van der Waals surface area contributed by atoms with E-state index in [0.717, 1.165) is 25.1 Å². The lowest BCUT2D eigenvalue weighted by molar-refractivity contribution is -0.130. The molecular weight excluding hydrogens is 396 g/mol. The van der Waals surface area contributed by atoms with Gasteiger partial charge in [-0.05, 0) is 43.7 Å². The molecule has 1 fully saturated rings. The second-order valence-corrected chi connectivity index (χ2v) is 7.95. The van der Waals surface area contributed by atoms with Crippen molar-refractivity contribution in [2.75, 3.05) is 45.2 Å². The van der Waals surface area contributed by atoms with Gasteiger partial charge in [-0.3, -0.25) is 19.5 Å². The Morgan fingerprint density at radius 1 is 1.13 bits per heavy atom. The highest BCUT2D eigenvalue weighted by molar-refractivity contribution is 5.93. The average Bonchev–Trinajstić information content (AvgIpc) is 3.04. The molecule has 1 atom stereocenters. The largest absolute Gasteiger partial charge is 0.490 e. The van der Waals surface area contributed by atoms with Crippen LogP contribution in [0.1, 0.15) is 25.0 Å². The summed E-state index contributed by atoms with van der Waals surface area (Å²) >= 11 is 0. The Hall–Kier alpha value is -3.13. The van der Waals surface area contributed by atoms with Gasteiger partial charge in [0.15, 0.2) is 11.5 Å². The summed E-state index contributed by atoms with van der Waals surface area (Å²) in [6.07, 6.45) is 4.04. The number of rotatable bonds is 5. The van der Waals surface area contributed by atoms with Gasteiger partial charge in [0.05, 0.1) is 25.5 Å². The molecule has 0 aliphatic carbocycles. The Morgan fingerprint density at radius 2 is 1.97 bits per heavy atom. The van der Waals surface area contributed by atoms with Gasteiger partial charge >= 0.3 is 0 Å². The molecule has 2 aromatic rings. The Balaban J connectivity index is 1.45. The van der Waals surface area contributed by atoms with Gasteiger partial charge in [0.25, 0.3) is 0 Å². The van der Waals surface area contributed by atoms with Crippen LogP contribution >= 0.6 is 0 Å². The molecule has 8 heteroatoms. The van der Waals surface area contributed by atoms with Crippen LogP contribution in [0.2, 0.25) is 0 Å². The van der Waals surface area contributed by atoms with Crippen LogP contribution in [0.15, 0.2) is 42.6 Å². The third-order valence-electron chi connectivity index (χ3n) is 5.79. The topological polar surface area (TPSA) is 92.8 Å². The number of aromatic nitrogens is 1. The smallest absolute Gasteiger partial charge is 0.238 e. The van der Waals surface area contributed by atoms with E-state index in [4.69, 9.17) is 9.47 Å². The molecule has 4 rings (SSSR count). The Labute approximate surface area is 181 Å². The minimum atomic E-state index is -0.760. The number of benzene rings is 1. The third kappa shape index (κ3) is 4.64. The van der Waals surface area contributed by atoms with E-state index in [9.17, 15) is 9.59 Å². The van der Waals surface area contributed by atoms with Crippen molar-refractivity contribution in [1.29, 1.82) is 0 Å². The first-order chi connectivity index (χ1) is 15.1. The number of amides is 2. The van der Waals surface area contributed by atoms with E-state index in [0.29, 0.717) is 43.4 Å². The van der Waals surface area contributed by atoms with Gasteiger partial charge in [0.1, 0.15) is 5.41 Å². The van der Waals surface area contributed by atoms with Crippen LogP contribution in [-0.2, 0) is 15.0 Å². The number of anilines is 1. The van der Waals surface area contributed by atoms with E-state index in [-0.39, 0.29) is 18.4 Å². The lowest BCUT2D eigenvalue weighted by atomic mass is 9.75. The predicted octanol–water partition coefficient (Wildman–Crippen LogP) is 1.96. The minimum absolute atomic E-state index is 0.0702. The summed E-state index contributed by atoms with van der Waals surface area (Å²) in [5.74, 6) is 1.13. The van der Waals surface area contributed by atoms with Crippen LogP contribution in [-0.4, -0.2) is 61.6 Å². The maximum Gasteiger partial charge on any atom is 0.238 e. The normalized spacial score (nSPS) is 21.1. The fourth-order valence-electron chi connectivity index (χ4n) is 4.32. The van der Waals surface area contributed by atoms with Gasteiger partial charge in [-0.1, -0.05) is 6.07 Å². The molecule has 31 heavy (non-hydrogen) atoms. The number of likely N-dealkylation sites (N-methyl/N-ethyl adjacent to an activating group) is 1. The molecule has 1 aromatic heterocycles. The summed E-state index contributed by atoms with van der Waals surface area (Å²) in [4.78, 5) is 32.1. The molecule has 2 amide bonds. The molecule has 3 heterocycles. The highest BCUT2D eigenvalue weighted by atomic mass is 16.5. The second kappa shape index (κ2) is 9.34. The van der Waals surface area contributed by atoms with Crippen LogP contribution in [0.5, 0.6) is 11.5 Å². The molecule has 0 bridgehead atoms. The number of pyridine rings is 1. The van der Waals surface area contributed by atoms with Crippen molar-refractivity contribution in [2.45, 2.75) is 24.7 Å². The second-order valence-electron chi connectivity index (χ2n) is 7.95. The van der Waals surface area contributed by atoms with E-state index >= 15 is 0 Å². The van der Waals surface area contributed by atoms with Gasteiger partial charge in [0, 0.05) is 38.0 Å². The highest BCUT2D eigenvalue weighted by Gasteiger charge is 2.44. The fourth-order valence-corrected chi connectivity index (χ4v) is 4.32. The maximum absolute atomic E-state index is 12.9. The molecule has 1 saturated heterocycles. The molecular formula is C23H28N4O4. The summed E-state index contributed by atoms with van der Waals surface area (Å²) in [6.45, 7) is 2.60. The number of carbonyl (C=O) groups is 2. The SMILES string of the molecule is CNC(=O)C1(c2ccccn2)CCCN(CC(=O)Nc2ccc3c(c2)OCCCO3)C1. The Bertz CT molecular complexity index is 936. The van der Waals surface area contributed by atoms with Crippen molar-refractivity contribution in [2.24, 2.45) is 0 Å². The summed E-state index contributed by atoms with van der Waals surface area (Å²) < 4.78 is 11.3. The number of carbonyl (C=O) groups excluding carboxylic acids is 2. The van der Waals surface area contributed by atoms with Gasteiger partial charge in [0.2, 0.25) is 11.8 Å². The van der Waals surface area contributed by atoms with Gasteiger partial charge in [-0.15, -0.1) is 0 Å². The molecule has 8 nitrogen and oxygen atoms in total. The monoisotopic (exact) mass is 424 g/mol. The van der Waals surface area contributed by atoms with Crippen molar-refractivity contribution in [3.63, 3.8) is 0 Å². The van der Waals surface area contributed by atoms with Crippen LogP contribution in [0.4, 0.5) is 5.69 Å². The molecule has 0 saturated carbocycles. The van der Waals surface area contributed by atoms with E-state index in [1.807, 2.05) is 35.2 Å². The number of hydrogen-bond acceptors (Lipinski definition) is 6. The van der Waals surface area contributed by atoms with Gasteiger partial charge < -0.3 is 20.1 Å². The lowest BCUT2D eigenvalue weighted by Crippen LogP contribution is -2.55. The molecule has 2 aliphatic heterocycles. The van der Waals surface area contributed by atoms with Crippen molar-refractivity contribution in [3.8, 4) is 11.5 Å². The molecule has 2 aliphatic rings. The van der Waals surface area contributed by atoms with E-state index < -0.39 is 5.41 Å². The summed E-state index contributed by atoms with van der Waals surface area (Å²) in [5, 5.41) is 5.73. The zero-order valence-corrected chi connectivity index (χ0v) is 17.7. The number of nitrogens with zero attached hydrogens (tertiary/aromatic N) is 2. The van der Waals surface area contributed by atoms with E-state index in [1.54, 1.807) is 19.3 Å². The number of piperidine rings is 1. The summed E-state index contributed by atoms with van der Waals surface area (Å²) in [5.41, 5.74) is 0.639. The summed E-state index contributed by atoms with van der Waals surface area (Å²) in [6, 6.07) is 11.0. The lowest BCUT2D eigenvalue weighted by Gasteiger charge is -2.40. The number of nitrogens with one attached hydrogen (secondary N) is 2. The standard InChI is InChI=1S/C23H28N4O4/c1-24-22(29)23(20-6-2-3-10-25-20)9-4-11-27(16-23)15-21(28)26-17-7-8-18-19(14-17)31-13-5-12-30-18/h2-3,6-8,10,14H,4-5,9,11-13,15-16H2,1H3,(H,24,29)(H,26,28). The predicted molar refractivity (Wildman–Crippen MR) is 116 cm³/mol. The first-order valence-corrected chi connectivity index (χ1v) is 10.7. The maximum atomic E-state index is 12.9. The fraction of sp³-hybridized carbons (Fsp3) is 0.435.